The first-order chi connectivity index (χ1) is 10.0. The molecule has 0 heterocycles. The summed E-state index contributed by atoms with van der Waals surface area (Å²) in [4.78, 5) is -0.157. The van der Waals surface area contributed by atoms with Crippen molar-refractivity contribution in [1.29, 1.82) is 0 Å². The summed E-state index contributed by atoms with van der Waals surface area (Å²) in [5.41, 5.74) is 0.221. The lowest BCUT2D eigenvalue weighted by Gasteiger charge is -2.17. The van der Waals surface area contributed by atoms with Gasteiger partial charge in [-0.2, -0.15) is 0 Å². The third-order valence-electron chi connectivity index (χ3n) is 4.45. The molecule has 116 valence electrons. The molecular weight excluding hydrogens is 293 g/mol. The second-order valence-corrected chi connectivity index (χ2v) is 7.84. The molecule has 2 saturated carbocycles. The van der Waals surface area contributed by atoms with E-state index in [1.807, 2.05) is 0 Å². The molecule has 2 N–H and O–H groups in total. The van der Waals surface area contributed by atoms with Gasteiger partial charge in [-0.25, -0.2) is 17.5 Å². The molecule has 3 rings (SSSR count). The summed E-state index contributed by atoms with van der Waals surface area (Å²) in [5.74, 6) is 1.08. The van der Waals surface area contributed by atoms with E-state index in [-0.39, 0.29) is 10.5 Å². The van der Waals surface area contributed by atoms with Gasteiger partial charge in [0, 0.05) is 6.54 Å². The SMILES string of the molecule is O=S(=O)(NCC(C1CC1)C1CC1)c1cc(F)ccc1CO. The van der Waals surface area contributed by atoms with Gasteiger partial charge in [-0.1, -0.05) is 6.07 Å². The van der Waals surface area contributed by atoms with Crippen LogP contribution in [0.25, 0.3) is 0 Å². The number of benzene rings is 1. The Labute approximate surface area is 124 Å². The highest BCUT2D eigenvalue weighted by molar-refractivity contribution is 7.89. The lowest BCUT2D eigenvalue weighted by atomic mass is 9.99. The van der Waals surface area contributed by atoms with Crippen LogP contribution >= 0.6 is 0 Å². The molecule has 0 aliphatic heterocycles. The highest BCUT2D eigenvalue weighted by atomic mass is 32.2. The van der Waals surface area contributed by atoms with E-state index in [9.17, 15) is 17.9 Å². The maximum Gasteiger partial charge on any atom is 0.241 e. The number of hydrogen-bond donors (Lipinski definition) is 2. The van der Waals surface area contributed by atoms with Crippen LogP contribution in [0.1, 0.15) is 31.2 Å². The lowest BCUT2D eigenvalue weighted by Crippen LogP contribution is -2.31. The van der Waals surface area contributed by atoms with E-state index in [1.54, 1.807) is 0 Å². The molecule has 2 fully saturated rings. The number of hydrogen-bond acceptors (Lipinski definition) is 3. The molecule has 0 unspecified atom stereocenters. The van der Waals surface area contributed by atoms with Gasteiger partial charge in [-0.15, -0.1) is 0 Å². The quantitative estimate of drug-likeness (QED) is 0.809. The molecule has 2 aliphatic rings. The van der Waals surface area contributed by atoms with Crippen LogP contribution in [0, 0.1) is 23.6 Å². The number of aliphatic hydroxyl groups is 1. The van der Waals surface area contributed by atoms with Gasteiger partial charge in [0.2, 0.25) is 10.0 Å². The molecule has 0 saturated heterocycles. The van der Waals surface area contributed by atoms with Crippen molar-refractivity contribution in [1.82, 2.24) is 4.72 Å². The standard InChI is InChI=1S/C15H20FNO3S/c16-13-6-5-12(9-18)15(7-13)21(19,20)17-8-14(10-1-2-10)11-3-4-11/h5-7,10-11,14,17-18H,1-4,8-9H2. The van der Waals surface area contributed by atoms with Crippen LogP contribution in [0.3, 0.4) is 0 Å². The minimum Gasteiger partial charge on any atom is -0.392 e. The van der Waals surface area contributed by atoms with E-state index in [0.29, 0.717) is 24.3 Å². The van der Waals surface area contributed by atoms with Gasteiger partial charge in [0.15, 0.2) is 0 Å². The Bertz CT molecular complexity index is 612. The van der Waals surface area contributed by atoms with Crippen molar-refractivity contribution >= 4 is 10.0 Å². The Kier molecular flexibility index (Phi) is 4.03. The van der Waals surface area contributed by atoms with E-state index in [0.717, 1.165) is 12.1 Å². The fourth-order valence-corrected chi connectivity index (χ4v) is 4.27. The molecule has 1 aromatic rings. The van der Waals surface area contributed by atoms with Crippen LogP contribution in [-0.4, -0.2) is 20.1 Å². The average Bonchev–Trinajstić information content (AvgIpc) is 3.32. The Balaban J connectivity index is 1.75. The van der Waals surface area contributed by atoms with Crippen molar-refractivity contribution in [2.75, 3.05) is 6.54 Å². The summed E-state index contributed by atoms with van der Waals surface area (Å²) in [6.45, 7) is -0.00967. The summed E-state index contributed by atoms with van der Waals surface area (Å²) in [7, 11) is -3.78. The molecular formula is C15H20FNO3S. The van der Waals surface area contributed by atoms with Crippen molar-refractivity contribution in [3.8, 4) is 0 Å². The van der Waals surface area contributed by atoms with Gasteiger partial charge < -0.3 is 5.11 Å². The van der Waals surface area contributed by atoms with Crippen LogP contribution < -0.4 is 4.72 Å². The zero-order valence-corrected chi connectivity index (χ0v) is 12.6. The van der Waals surface area contributed by atoms with Crippen molar-refractivity contribution in [2.45, 2.75) is 37.2 Å². The zero-order chi connectivity index (χ0) is 15.0. The second kappa shape index (κ2) is 5.66. The van der Waals surface area contributed by atoms with Crippen LogP contribution in [0.4, 0.5) is 4.39 Å². The molecule has 4 nitrogen and oxygen atoms in total. The zero-order valence-electron chi connectivity index (χ0n) is 11.8. The Hall–Kier alpha value is -0.980. The molecule has 0 atom stereocenters. The first-order valence-corrected chi connectivity index (χ1v) is 8.88. The monoisotopic (exact) mass is 313 g/mol. The molecule has 0 spiro atoms. The minimum atomic E-state index is -3.78. The number of nitrogens with one attached hydrogen (secondary N) is 1. The normalized spacial score (nSPS) is 19.2. The van der Waals surface area contributed by atoms with Crippen LogP contribution in [-0.2, 0) is 16.6 Å². The van der Waals surface area contributed by atoms with E-state index < -0.39 is 22.4 Å². The predicted octanol–water partition coefficient (Wildman–Crippen LogP) is 2.03. The summed E-state index contributed by atoms with van der Waals surface area (Å²) in [6, 6.07) is 3.43. The second-order valence-electron chi connectivity index (χ2n) is 6.10. The summed E-state index contributed by atoms with van der Waals surface area (Å²) >= 11 is 0. The third-order valence-corrected chi connectivity index (χ3v) is 5.96. The van der Waals surface area contributed by atoms with E-state index in [2.05, 4.69) is 4.72 Å². The van der Waals surface area contributed by atoms with Gasteiger partial charge >= 0.3 is 0 Å². The maximum atomic E-state index is 13.3. The summed E-state index contributed by atoms with van der Waals surface area (Å²) < 4.78 is 40.7. The Morgan fingerprint density at radius 2 is 1.86 bits per heavy atom. The fourth-order valence-electron chi connectivity index (χ4n) is 2.96. The van der Waals surface area contributed by atoms with E-state index in [1.165, 1.54) is 31.7 Å². The first-order valence-electron chi connectivity index (χ1n) is 7.40. The fraction of sp³-hybridized carbons (Fsp3) is 0.600. The highest BCUT2D eigenvalue weighted by Gasteiger charge is 2.41. The third kappa shape index (κ3) is 3.44. The molecule has 1 aromatic carbocycles. The highest BCUT2D eigenvalue weighted by Crippen LogP contribution is 2.48. The topological polar surface area (TPSA) is 66.4 Å². The predicted molar refractivity (Wildman–Crippen MR) is 76.4 cm³/mol. The van der Waals surface area contributed by atoms with Crippen LogP contribution in [0.5, 0.6) is 0 Å². The molecule has 21 heavy (non-hydrogen) atoms. The molecule has 0 bridgehead atoms. The smallest absolute Gasteiger partial charge is 0.241 e. The van der Waals surface area contributed by atoms with Crippen molar-refractivity contribution < 1.29 is 17.9 Å². The van der Waals surface area contributed by atoms with Crippen LogP contribution in [0.2, 0.25) is 0 Å². The first kappa shape index (κ1) is 14.9. The number of aliphatic hydroxyl groups excluding tert-OH is 1. The minimum absolute atomic E-state index is 0.157. The van der Waals surface area contributed by atoms with Gasteiger partial charge in [-0.3, -0.25) is 0 Å². The number of sulfonamides is 1. The van der Waals surface area contributed by atoms with E-state index in [4.69, 9.17) is 0 Å². The van der Waals surface area contributed by atoms with Gasteiger partial charge in [0.1, 0.15) is 5.82 Å². The largest absolute Gasteiger partial charge is 0.392 e. The van der Waals surface area contributed by atoms with E-state index >= 15 is 0 Å². The van der Waals surface area contributed by atoms with Crippen molar-refractivity contribution in [3.05, 3.63) is 29.6 Å². The number of halogens is 1. The summed E-state index contributed by atoms with van der Waals surface area (Å²) in [5, 5.41) is 9.23. The van der Waals surface area contributed by atoms with Crippen molar-refractivity contribution in [3.63, 3.8) is 0 Å². The van der Waals surface area contributed by atoms with Crippen molar-refractivity contribution in [2.24, 2.45) is 17.8 Å². The molecule has 0 aromatic heterocycles. The summed E-state index contributed by atoms with van der Waals surface area (Å²) in [6.07, 6.45) is 4.74. The van der Waals surface area contributed by atoms with Gasteiger partial charge in [0.05, 0.1) is 11.5 Å². The van der Waals surface area contributed by atoms with Gasteiger partial charge in [0.25, 0.3) is 0 Å². The Morgan fingerprint density at radius 3 is 2.38 bits per heavy atom. The van der Waals surface area contributed by atoms with Crippen LogP contribution in [0.15, 0.2) is 23.1 Å². The lowest BCUT2D eigenvalue weighted by molar-refractivity contribution is 0.278. The molecule has 6 heteroatoms. The maximum absolute atomic E-state index is 13.3. The Morgan fingerprint density at radius 1 is 1.24 bits per heavy atom. The number of rotatable bonds is 7. The average molecular weight is 313 g/mol. The molecule has 0 radical (unpaired) electrons. The van der Waals surface area contributed by atoms with Gasteiger partial charge in [-0.05, 0) is 61.1 Å². The molecule has 0 amide bonds. The molecule has 2 aliphatic carbocycles.